The summed E-state index contributed by atoms with van der Waals surface area (Å²) in [7, 11) is 0. The first kappa shape index (κ1) is 15.0. The average molecular weight is 290 g/mol. The van der Waals surface area contributed by atoms with Gasteiger partial charge in [-0.25, -0.2) is 4.39 Å². The Balaban J connectivity index is 1.45. The number of nitrogens with one attached hydrogen (secondary N) is 1. The molecule has 116 valence electrons. The summed E-state index contributed by atoms with van der Waals surface area (Å²) in [5.41, 5.74) is 1.22. The fourth-order valence-corrected chi connectivity index (χ4v) is 3.76. The quantitative estimate of drug-likeness (QED) is 0.892. The van der Waals surface area contributed by atoms with Gasteiger partial charge in [0.25, 0.3) is 0 Å². The van der Waals surface area contributed by atoms with Crippen LogP contribution in [0.1, 0.15) is 44.1 Å². The maximum Gasteiger partial charge on any atom is 0.123 e. The number of rotatable bonds is 5. The Morgan fingerprint density at radius 1 is 1.05 bits per heavy atom. The molecule has 1 saturated carbocycles. The molecule has 2 fully saturated rings. The standard InChI is InChI=1S/C18H27FN2/c19-17-9-7-16(8-10-17)13-21-11-3-6-18(14-21)20-12-15-4-1-2-5-15/h7-10,15,18,20H,1-6,11-14H2. The molecule has 1 aliphatic carbocycles. The van der Waals surface area contributed by atoms with Gasteiger partial charge in [-0.15, -0.1) is 0 Å². The third kappa shape index (κ3) is 4.52. The van der Waals surface area contributed by atoms with Crippen LogP contribution in [0.15, 0.2) is 24.3 Å². The highest BCUT2D eigenvalue weighted by Crippen LogP contribution is 2.24. The van der Waals surface area contributed by atoms with Crippen molar-refractivity contribution in [2.45, 2.75) is 51.1 Å². The monoisotopic (exact) mass is 290 g/mol. The van der Waals surface area contributed by atoms with Gasteiger partial charge in [-0.05, 0) is 62.4 Å². The van der Waals surface area contributed by atoms with Gasteiger partial charge in [-0.1, -0.05) is 25.0 Å². The predicted molar refractivity (Wildman–Crippen MR) is 84.7 cm³/mol. The van der Waals surface area contributed by atoms with Crippen molar-refractivity contribution >= 4 is 0 Å². The second-order valence-corrected chi connectivity index (χ2v) is 6.76. The van der Waals surface area contributed by atoms with Crippen molar-refractivity contribution in [3.8, 4) is 0 Å². The minimum absolute atomic E-state index is 0.145. The smallest absolute Gasteiger partial charge is 0.123 e. The lowest BCUT2D eigenvalue weighted by molar-refractivity contribution is 0.180. The Hall–Kier alpha value is -0.930. The average Bonchev–Trinajstić information content (AvgIpc) is 3.01. The van der Waals surface area contributed by atoms with Gasteiger partial charge < -0.3 is 5.32 Å². The largest absolute Gasteiger partial charge is 0.312 e. The second kappa shape index (κ2) is 7.37. The SMILES string of the molecule is Fc1ccc(CN2CCCC(NCC3CCCC3)C2)cc1. The molecule has 3 rings (SSSR count). The number of benzene rings is 1. The van der Waals surface area contributed by atoms with Gasteiger partial charge in [0.1, 0.15) is 5.82 Å². The minimum atomic E-state index is -0.145. The first-order chi connectivity index (χ1) is 10.3. The van der Waals surface area contributed by atoms with Crippen LogP contribution < -0.4 is 5.32 Å². The molecule has 1 unspecified atom stereocenters. The van der Waals surface area contributed by atoms with Crippen LogP contribution >= 0.6 is 0 Å². The lowest BCUT2D eigenvalue weighted by Crippen LogP contribution is -2.46. The topological polar surface area (TPSA) is 15.3 Å². The van der Waals surface area contributed by atoms with Crippen LogP contribution in [0.2, 0.25) is 0 Å². The van der Waals surface area contributed by atoms with Gasteiger partial charge in [0.15, 0.2) is 0 Å². The van der Waals surface area contributed by atoms with E-state index in [-0.39, 0.29) is 5.82 Å². The van der Waals surface area contributed by atoms with Crippen molar-refractivity contribution in [1.29, 1.82) is 0 Å². The zero-order valence-electron chi connectivity index (χ0n) is 12.9. The summed E-state index contributed by atoms with van der Waals surface area (Å²) in [6.07, 6.45) is 8.25. The number of hydrogen-bond acceptors (Lipinski definition) is 2. The number of nitrogens with zero attached hydrogens (tertiary/aromatic N) is 1. The van der Waals surface area contributed by atoms with E-state index in [0.29, 0.717) is 6.04 Å². The van der Waals surface area contributed by atoms with E-state index in [2.05, 4.69) is 10.2 Å². The normalized spacial score (nSPS) is 24.5. The molecular weight excluding hydrogens is 263 g/mol. The zero-order valence-corrected chi connectivity index (χ0v) is 12.9. The van der Waals surface area contributed by atoms with Crippen molar-refractivity contribution in [1.82, 2.24) is 10.2 Å². The summed E-state index contributed by atoms with van der Waals surface area (Å²) in [4.78, 5) is 2.50. The Bertz CT molecular complexity index is 425. The number of halogens is 1. The van der Waals surface area contributed by atoms with Crippen molar-refractivity contribution in [2.24, 2.45) is 5.92 Å². The molecule has 0 aromatic heterocycles. The Labute approximate surface area is 127 Å². The summed E-state index contributed by atoms with van der Waals surface area (Å²) in [6.45, 7) is 4.44. The van der Waals surface area contributed by atoms with E-state index in [1.807, 2.05) is 12.1 Å². The summed E-state index contributed by atoms with van der Waals surface area (Å²) in [5.74, 6) is 0.769. The van der Waals surface area contributed by atoms with E-state index in [4.69, 9.17) is 0 Å². The fraction of sp³-hybridized carbons (Fsp3) is 0.667. The van der Waals surface area contributed by atoms with Crippen molar-refractivity contribution in [3.63, 3.8) is 0 Å². The zero-order chi connectivity index (χ0) is 14.5. The molecular formula is C18H27FN2. The van der Waals surface area contributed by atoms with E-state index < -0.39 is 0 Å². The van der Waals surface area contributed by atoms with Crippen molar-refractivity contribution < 1.29 is 4.39 Å². The molecule has 1 aromatic rings. The van der Waals surface area contributed by atoms with Gasteiger partial charge in [0.05, 0.1) is 0 Å². The van der Waals surface area contributed by atoms with Gasteiger partial charge in [-0.3, -0.25) is 4.90 Å². The number of hydrogen-bond donors (Lipinski definition) is 1. The highest BCUT2D eigenvalue weighted by molar-refractivity contribution is 5.16. The van der Waals surface area contributed by atoms with Crippen LogP contribution in [0, 0.1) is 11.7 Å². The summed E-state index contributed by atoms with van der Waals surface area (Å²) >= 11 is 0. The van der Waals surface area contributed by atoms with Gasteiger partial charge >= 0.3 is 0 Å². The Kier molecular flexibility index (Phi) is 5.26. The molecule has 1 saturated heterocycles. The molecule has 0 bridgehead atoms. The van der Waals surface area contributed by atoms with E-state index in [9.17, 15) is 4.39 Å². The highest BCUT2D eigenvalue weighted by atomic mass is 19.1. The maximum absolute atomic E-state index is 13.0. The molecule has 1 aromatic carbocycles. The van der Waals surface area contributed by atoms with Gasteiger partial charge in [-0.2, -0.15) is 0 Å². The molecule has 1 N–H and O–H groups in total. The summed E-state index contributed by atoms with van der Waals surface area (Å²) in [6, 6.07) is 7.58. The number of piperidine rings is 1. The lowest BCUT2D eigenvalue weighted by atomic mass is 10.0. The van der Waals surface area contributed by atoms with Gasteiger partial charge in [0, 0.05) is 19.1 Å². The molecule has 2 nitrogen and oxygen atoms in total. The van der Waals surface area contributed by atoms with Crippen LogP contribution in [-0.4, -0.2) is 30.6 Å². The van der Waals surface area contributed by atoms with Crippen LogP contribution in [0.25, 0.3) is 0 Å². The lowest BCUT2D eigenvalue weighted by Gasteiger charge is -2.34. The molecule has 21 heavy (non-hydrogen) atoms. The van der Waals surface area contributed by atoms with E-state index in [0.717, 1.165) is 19.0 Å². The molecule has 3 heteroatoms. The summed E-state index contributed by atoms with van der Waals surface area (Å²) < 4.78 is 13.0. The second-order valence-electron chi connectivity index (χ2n) is 6.76. The van der Waals surface area contributed by atoms with Crippen LogP contribution in [-0.2, 0) is 6.54 Å². The summed E-state index contributed by atoms with van der Waals surface area (Å²) in [5, 5.41) is 3.79. The van der Waals surface area contributed by atoms with Crippen LogP contribution in [0.4, 0.5) is 4.39 Å². The molecule has 1 heterocycles. The molecule has 1 atom stereocenters. The van der Waals surface area contributed by atoms with Crippen molar-refractivity contribution in [3.05, 3.63) is 35.6 Å². The number of likely N-dealkylation sites (tertiary alicyclic amines) is 1. The first-order valence-electron chi connectivity index (χ1n) is 8.50. The Morgan fingerprint density at radius 3 is 2.57 bits per heavy atom. The van der Waals surface area contributed by atoms with E-state index in [1.165, 1.54) is 57.2 Å². The minimum Gasteiger partial charge on any atom is -0.312 e. The van der Waals surface area contributed by atoms with E-state index >= 15 is 0 Å². The highest BCUT2D eigenvalue weighted by Gasteiger charge is 2.21. The predicted octanol–water partition coefficient (Wildman–Crippen LogP) is 3.57. The van der Waals surface area contributed by atoms with E-state index in [1.54, 1.807) is 12.1 Å². The van der Waals surface area contributed by atoms with Crippen molar-refractivity contribution in [2.75, 3.05) is 19.6 Å². The Morgan fingerprint density at radius 2 is 1.81 bits per heavy atom. The molecule has 0 radical (unpaired) electrons. The van der Waals surface area contributed by atoms with Crippen LogP contribution in [0.3, 0.4) is 0 Å². The molecule has 0 spiro atoms. The molecule has 2 aliphatic rings. The third-order valence-electron chi connectivity index (χ3n) is 4.99. The fourth-order valence-electron chi connectivity index (χ4n) is 3.76. The maximum atomic E-state index is 13.0. The molecule has 0 amide bonds. The third-order valence-corrected chi connectivity index (χ3v) is 4.99. The van der Waals surface area contributed by atoms with Gasteiger partial charge in [0.2, 0.25) is 0 Å². The molecule has 1 aliphatic heterocycles. The van der Waals surface area contributed by atoms with Crippen LogP contribution in [0.5, 0.6) is 0 Å². The first-order valence-corrected chi connectivity index (χ1v) is 8.50.